The lowest BCUT2D eigenvalue weighted by Gasteiger charge is -2.11. The number of hydrogen-bond acceptors (Lipinski definition) is 4. The number of hydrogen-bond donors (Lipinski definition) is 1. The van der Waals surface area contributed by atoms with Gasteiger partial charge in [-0.1, -0.05) is 24.3 Å². The number of carbonyl (C=O) groups is 1. The Hall–Kier alpha value is -3.25. The molecule has 0 saturated heterocycles. The number of nitrogens with zero attached hydrogens (tertiary/aromatic N) is 3. The fourth-order valence-electron chi connectivity index (χ4n) is 2.99. The molecule has 0 fully saturated rings. The van der Waals surface area contributed by atoms with Gasteiger partial charge in [-0.3, -0.25) is 9.78 Å². The Bertz CT molecular complexity index is 1100. The smallest absolute Gasteiger partial charge is 0.270 e. The van der Waals surface area contributed by atoms with E-state index in [9.17, 15) is 4.79 Å². The second kappa shape index (κ2) is 7.78. The van der Waals surface area contributed by atoms with Crippen molar-refractivity contribution in [1.29, 1.82) is 0 Å². The van der Waals surface area contributed by atoms with Crippen LogP contribution in [0.1, 0.15) is 27.2 Å². The van der Waals surface area contributed by atoms with Gasteiger partial charge in [0.2, 0.25) is 0 Å². The van der Waals surface area contributed by atoms with Crippen molar-refractivity contribution in [3.63, 3.8) is 0 Å². The average Bonchev–Trinajstić information content (AvgIpc) is 3.38. The Labute approximate surface area is 167 Å². The molecule has 0 radical (unpaired) electrons. The molecule has 6 heteroatoms. The molecule has 4 rings (SSSR count). The van der Waals surface area contributed by atoms with Crippen LogP contribution in [0.5, 0.6) is 0 Å². The number of benzene rings is 1. The third-order valence-corrected chi connectivity index (χ3v) is 5.38. The first-order valence-corrected chi connectivity index (χ1v) is 9.88. The van der Waals surface area contributed by atoms with Crippen molar-refractivity contribution in [2.45, 2.75) is 20.4 Å². The van der Waals surface area contributed by atoms with Crippen LogP contribution >= 0.6 is 11.3 Å². The zero-order valence-electron chi connectivity index (χ0n) is 15.7. The molecule has 1 N–H and O–H groups in total. The van der Waals surface area contributed by atoms with Crippen molar-refractivity contribution in [1.82, 2.24) is 20.1 Å². The van der Waals surface area contributed by atoms with Crippen molar-refractivity contribution in [2.75, 3.05) is 0 Å². The molecule has 28 heavy (non-hydrogen) atoms. The SMILES string of the molecule is Cc1ccc(C)c(-n2nc(-c3cccs3)cc2C(=O)NCc2cccnc2)c1. The molecule has 3 heterocycles. The third-order valence-electron chi connectivity index (χ3n) is 4.48. The topological polar surface area (TPSA) is 59.8 Å². The van der Waals surface area contributed by atoms with Crippen LogP contribution in [0.2, 0.25) is 0 Å². The Kier molecular flexibility index (Phi) is 5.04. The van der Waals surface area contributed by atoms with Crippen molar-refractivity contribution in [3.8, 4) is 16.3 Å². The molecule has 0 bridgehead atoms. The molecular formula is C22H20N4OS. The van der Waals surface area contributed by atoms with E-state index in [1.807, 2.05) is 49.6 Å². The van der Waals surface area contributed by atoms with Gasteiger partial charge < -0.3 is 5.32 Å². The lowest BCUT2D eigenvalue weighted by Crippen LogP contribution is -2.25. The van der Waals surface area contributed by atoms with Crippen LogP contribution in [-0.4, -0.2) is 20.7 Å². The van der Waals surface area contributed by atoms with Crippen LogP contribution in [0, 0.1) is 13.8 Å². The number of carbonyl (C=O) groups excluding carboxylic acids is 1. The standard InChI is InChI=1S/C22H20N4OS/c1-15-7-8-16(2)19(11-15)26-20(12-18(25-26)21-6-4-10-28-21)22(27)24-14-17-5-3-9-23-13-17/h3-13H,14H2,1-2H3,(H,24,27). The zero-order valence-corrected chi connectivity index (χ0v) is 16.5. The van der Waals surface area contributed by atoms with E-state index >= 15 is 0 Å². The molecular weight excluding hydrogens is 368 g/mol. The number of aryl methyl sites for hydroxylation is 2. The van der Waals surface area contributed by atoms with Gasteiger partial charge in [-0.15, -0.1) is 11.3 Å². The van der Waals surface area contributed by atoms with Crippen molar-refractivity contribution < 1.29 is 4.79 Å². The quantitative estimate of drug-likeness (QED) is 0.546. The van der Waals surface area contributed by atoms with Gasteiger partial charge in [0.1, 0.15) is 11.4 Å². The minimum Gasteiger partial charge on any atom is -0.347 e. The summed E-state index contributed by atoms with van der Waals surface area (Å²) in [6, 6.07) is 15.8. The van der Waals surface area contributed by atoms with E-state index in [2.05, 4.69) is 28.5 Å². The second-order valence-corrected chi connectivity index (χ2v) is 7.59. The van der Waals surface area contributed by atoms with E-state index in [-0.39, 0.29) is 5.91 Å². The van der Waals surface area contributed by atoms with Crippen LogP contribution in [-0.2, 0) is 6.54 Å². The summed E-state index contributed by atoms with van der Waals surface area (Å²) < 4.78 is 1.75. The summed E-state index contributed by atoms with van der Waals surface area (Å²) in [5.74, 6) is -0.167. The molecule has 3 aromatic heterocycles. The molecule has 0 spiro atoms. The molecule has 5 nitrogen and oxygen atoms in total. The number of rotatable bonds is 5. The first-order chi connectivity index (χ1) is 13.6. The van der Waals surface area contributed by atoms with Gasteiger partial charge in [-0.05, 0) is 60.2 Å². The summed E-state index contributed by atoms with van der Waals surface area (Å²) >= 11 is 1.61. The van der Waals surface area contributed by atoms with Crippen LogP contribution in [0.15, 0.2) is 66.3 Å². The minimum absolute atomic E-state index is 0.167. The lowest BCUT2D eigenvalue weighted by molar-refractivity contribution is 0.0943. The molecule has 0 saturated carbocycles. The van der Waals surface area contributed by atoms with E-state index < -0.39 is 0 Å². The summed E-state index contributed by atoms with van der Waals surface area (Å²) in [6.07, 6.45) is 3.47. The van der Waals surface area contributed by atoms with Crippen molar-refractivity contribution in [2.24, 2.45) is 0 Å². The molecule has 0 aliphatic rings. The molecule has 0 aliphatic carbocycles. The highest BCUT2D eigenvalue weighted by Gasteiger charge is 2.19. The predicted octanol–water partition coefficient (Wildman–Crippen LogP) is 4.54. The van der Waals surface area contributed by atoms with Crippen molar-refractivity contribution in [3.05, 3.63) is 88.7 Å². The highest BCUT2D eigenvalue weighted by molar-refractivity contribution is 7.13. The first kappa shape index (κ1) is 18.1. The molecule has 0 unspecified atom stereocenters. The summed E-state index contributed by atoms with van der Waals surface area (Å²) in [7, 11) is 0. The molecule has 0 atom stereocenters. The molecule has 1 aromatic carbocycles. The largest absolute Gasteiger partial charge is 0.347 e. The van der Waals surface area contributed by atoms with Crippen LogP contribution in [0.25, 0.3) is 16.3 Å². The molecule has 4 aromatic rings. The maximum atomic E-state index is 13.0. The van der Waals surface area contributed by atoms with Gasteiger partial charge in [0, 0.05) is 18.9 Å². The lowest BCUT2D eigenvalue weighted by atomic mass is 10.1. The Balaban J connectivity index is 1.72. The normalized spacial score (nSPS) is 10.8. The molecule has 140 valence electrons. The monoisotopic (exact) mass is 388 g/mol. The van der Waals surface area contributed by atoms with Gasteiger partial charge in [-0.2, -0.15) is 5.10 Å². The number of thiophene rings is 1. The van der Waals surface area contributed by atoms with E-state index in [1.54, 1.807) is 28.4 Å². The summed E-state index contributed by atoms with van der Waals surface area (Å²) in [5, 5.41) is 9.74. The van der Waals surface area contributed by atoms with Gasteiger partial charge >= 0.3 is 0 Å². The average molecular weight is 388 g/mol. The van der Waals surface area contributed by atoms with Crippen molar-refractivity contribution >= 4 is 17.2 Å². The fourth-order valence-corrected chi connectivity index (χ4v) is 3.68. The summed E-state index contributed by atoms with van der Waals surface area (Å²) in [6.45, 7) is 4.48. The van der Waals surface area contributed by atoms with Gasteiger partial charge in [0.15, 0.2) is 0 Å². The number of pyridine rings is 1. The third kappa shape index (κ3) is 3.73. The minimum atomic E-state index is -0.167. The van der Waals surface area contributed by atoms with Crippen LogP contribution < -0.4 is 5.32 Å². The second-order valence-electron chi connectivity index (χ2n) is 6.64. The maximum Gasteiger partial charge on any atom is 0.270 e. The maximum absolute atomic E-state index is 13.0. The van der Waals surface area contributed by atoms with E-state index in [0.29, 0.717) is 12.2 Å². The van der Waals surface area contributed by atoms with Crippen LogP contribution in [0.3, 0.4) is 0 Å². The highest BCUT2D eigenvalue weighted by atomic mass is 32.1. The summed E-state index contributed by atoms with van der Waals surface area (Å²) in [5.41, 5.74) is 5.35. The highest BCUT2D eigenvalue weighted by Crippen LogP contribution is 2.27. The van der Waals surface area contributed by atoms with Crippen LogP contribution in [0.4, 0.5) is 0 Å². The number of aromatic nitrogens is 3. The number of nitrogens with one attached hydrogen (secondary N) is 1. The fraction of sp³-hybridized carbons (Fsp3) is 0.136. The number of amides is 1. The molecule has 0 aliphatic heterocycles. The van der Waals surface area contributed by atoms with E-state index in [1.165, 1.54) is 0 Å². The van der Waals surface area contributed by atoms with Gasteiger partial charge in [0.25, 0.3) is 5.91 Å². The van der Waals surface area contributed by atoms with Gasteiger partial charge in [0.05, 0.1) is 10.6 Å². The Morgan fingerprint density at radius 2 is 2.04 bits per heavy atom. The Morgan fingerprint density at radius 1 is 1.14 bits per heavy atom. The van der Waals surface area contributed by atoms with Gasteiger partial charge in [-0.25, -0.2) is 4.68 Å². The first-order valence-electron chi connectivity index (χ1n) is 9.00. The Morgan fingerprint density at radius 3 is 2.79 bits per heavy atom. The van der Waals surface area contributed by atoms with E-state index in [4.69, 9.17) is 5.10 Å². The summed E-state index contributed by atoms with van der Waals surface area (Å²) in [4.78, 5) is 18.1. The predicted molar refractivity (Wildman–Crippen MR) is 112 cm³/mol. The van der Waals surface area contributed by atoms with E-state index in [0.717, 1.165) is 32.9 Å². The molecule has 1 amide bonds. The zero-order chi connectivity index (χ0) is 19.5.